The molecule has 20 heavy (non-hydrogen) atoms. The Morgan fingerprint density at radius 2 is 2.25 bits per heavy atom. The summed E-state index contributed by atoms with van der Waals surface area (Å²) in [7, 11) is 1.81. The molecule has 0 aliphatic heterocycles. The molecule has 106 valence electrons. The van der Waals surface area contributed by atoms with Crippen molar-refractivity contribution in [2.24, 2.45) is 13.0 Å². The van der Waals surface area contributed by atoms with E-state index in [0.29, 0.717) is 12.5 Å². The molecule has 0 unspecified atom stereocenters. The van der Waals surface area contributed by atoms with Crippen LogP contribution in [0.5, 0.6) is 5.75 Å². The van der Waals surface area contributed by atoms with Gasteiger partial charge < -0.3 is 10.1 Å². The molecular weight excluding hydrogens is 254 g/mol. The first-order valence-electron chi connectivity index (χ1n) is 6.91. The lowest BCUT2D eigenvalue weighted by Crippen LogP contribution is -2.08. The first kappa shape index (κ1) is 12.9. The maximum atomic E-state index is 5.94. The molecule has 1 fully saturated rings. The Morgan fingerprint density at radius 3 is 2.95 bits per heavy atom. The summed E-state index contributed by atoms with van der Waals surface area (Å²) in [5.41, 5.74) is 2.33. The molecule has 0 spiro atoms. The zero-order chi connectivity index (χ0) is 13.9. The van der Waals surface area contributed by atoms with Gasteiger partial charge in [0.2, 0.25) is 5.95 Å². The van der Waals surface area contributed by atoms with Crippen molar-refractivity contribution < 1.29 is 4.74 Å². The third-order valence-electron chi connectivity index (χ3n) is 3.45. The number of aromatic nitrogens is 4. The van der Waals surface area contributed by atoms with E-state index in [9.17, 15) is 0 Å². The number of anilines is 1. The smallest absolute Gasteiger partial charge is 0.242 e. The van der Waals surface area contributed by atoms with Crippen molar-refractivity contribution in [2.75, 3.05) is 11.9 Å². The Labute approximate surface area is 118 Å². The van der Waals surface area contributed by atoms with E-state index in [-0.39, 0.29) is 0 Å². The van der Waals surface area contributed by atoms with E-state index in [0.717, 1.165) is 23.8 Å². The molecule has 1 aliphatic rings. The molecule has 2 aromatic rings. The van der Waals surface area contributed by atoms with E-state index in [1.807, 2.05) is 7.05 Å². The van der Waals surface area contributed by atoms with Gasteiger partial charge in [-0.05, 0) is 47.7 Å². The Kier molecular flexibility index (Phi) is 3.54. The SMILES string of the molecule is Cc1ccc(CNc2nnnn2C)c(OCC2CC2)c1. The minimum atomic E-state index is 0.647. The van der Waals surface area contributed by atoms with Gasteiger partial charge in [-0.2, -0.15) is 0 Å². The molecule has 0 saturated heterocycles. The van der Waals surface area contributed by atoms with Crippen molar-refractivity contribution in [3.63, 3.8) is 0 Å². The minimum Gasteiger partial charge on any atom is -0.493 e. The molecule has 0 bridgehead atoms. The number of hydrogen-bond donors (Lipinski definition) is 1. The summed E-state index contributed by atoms with van der Waals surface area (Å²) < 4.78 is 7.55. The lowest BCUT2D eigenvalue weighted by Gasteiger charge is -2.13. The minimum absolute atomic E-state index is 0.647. The third kappa shape index (κ3) is 3.07. The summed E-state index contributed by atoms with van der Waals surface area (Å²) in [6, 6.07) is 6.28. The highest BCUT2D eigenvalue weighted by molar-refractivity contribution is 5.39. The van der Waals surface area contributed by atoms with Crippen molar-refractivity contribution >= 4 is 5.95 Å². The highest BCUT2D eigenvalue weighted by Crippen LogP contribution is 2.30. The predicted molar refractivity (Wildman–Crippen MR) is 75.5 cm³/mol. The highest BCUT2D eigenvalue weighted by Gasteiger charge is 2.22. The molecule has 0 atom stereocenters. The van der Waals surface area contributed by atoms with Crippen LogP contribution in [0.1, 0.15) is 24.0 Å². The van der Waals surface area contributed by atoms with Crippen LogP contribution in [-0.2, 0) is 13.6 Å². The van der Waals surface area contributed by atoms with Crippen molar-refractivity contribution in [3.05, 3.63) is 29.3 Å². The van der Waals surface area contributed by atoms with Crippen LogP contribution in [0.3, 0.4) is 0 Å². The van der Waals surface area contributed by atoms with E-state index >= 15 is 0 Å². The quantitative estimate of drug-likeness (QED) is 0.871. The van der Waals surface area contributed by atoms with E-state index in [1.54, 1.807) is 4.68 Å². The van der Waals surface area contributed by atoms with Crippen LogP contribution in [0.4, 0.5) is 5.95 Å². The van der Waals surface area contributed by atoms with Gasteiger partial charge in [-0.15, -0.1) is 0 Å². The summed E-state index contributed by atoms with van der Waals surface area (Å²) in [5.74, 6) is 2.36. The van der Waals surface area contributed by atoms with E-state index in [2.05, 4.69) is 46.0 Å². The Hall–Kier alpha value is -2.11. The number of aryl methyl sites for hydroxylation is 2. The fraction of sp³-hybridized carbons (Fsp3) is 0.500. The molecule has 0 amide bonds. The molecule has 6 heteroatoms. The molecule has 1 saturated carbocycles. The zero-order valence-electron chi connectivity index (χ0n) is 11.8. The largest absolute Gasteiger partial charge is 0.493 e. The van der Waals surface area contributed by atoms with Crippen molar-refractivity contribution in [3.8, 4) is 5.75 Å². The van der Waals surface area contributed by atoms with Gasteiger partial charge in [0, 0.05) is 19.2 Å². The first-order valence-corrected chi connectivity index (χ1v) is 6.91. The number of rotatable bonds is 6. The number of nitrogens with zero attached hydrogens (tertiary/aromatic N) is 4. The summed E-state index contributed by atoms with van der Waals surface area (Å²) in [5, 5.41) is 14.5. The van der Waals surface area contributed by atoms with E-state index in [1.165, 1.54) is 18.4 Å². The second kappa shape index (κ2) is 5.48. The van der Waals surface area contributed by atoms with Crippen molar-refractivity contribution in [1.29, 1.82) is 0 Å². The standard InChI is InChI=1S/C14H19N5O/c1-10-3-6-12(8-15-14-16-17-18-19(14)2)13(7-10)20-9-11-4-5-11/h3,6-7,11H,4-5,8-9H2,1-2H3,(H,15,16,18). The first-order chi connectivity index (χ1) is 9.72. The molecule has 6 nitrogen and oxygen atoms in total. The lowest BCUT2D eigenvalue weighted by molar-refractivity contribution is 0.297. The van der Waals surface area contributed by atoms with Crippen LogP contribution in [0.2, 0.25) is 0 Å². The Bertz CT molecular complexity index is 591. The fourth-order valence-corrected chi connectivity index (χ4v) is 1.99. The van der Waals surface area contributed by atoms with Gasteiger partial charge in [-0.1, -0.05) is 17.2 Å². The second-order valence-corrected chi connectivity index (χ2v) is 5.35. The Balaban J connectivity index is 1.68. The van der Waals surface area contributed by atoms with Gasteiger partial charge in [0.05, 0.1) is 6.61 Å². The maximum Gasteiger partial charge on any atom is 0.242 e. The van der Waals surface area contributed by atoms with E-state index < -0.39 is 0 Å². The van der Waals surface area contributed by atoms with Gasteiger partial charge >= 0.3 is 0 Å². The molecule has 1 heterocycles. The van der Waals surface area contributed by atoms with Crippen LogP contribution in [0, 0.1) is 12.8 Å². The molecule has 0 radical (unpaired) electrons. The third-order valence-corrected chi connectivity index (χ3v) is 3.45. The topological polar surface area (TPSA) is 64.9 Å². The summed E-state index contributed by atoms with van der Waals surface area (Å²) >= 11 is 0. The molecule has 1 N–H and O–H groups in total. The fourth-order valence-electron chi connectivity index (χ4n) is 1.99. The summed E-state index contributed by atoms with van der Waals surface area (Å²) in [4.78, 5) is 0. The molecular formula is C14H19N5O. The van der Waals surface area contributed by atoms with E-state index in [4.69, 9.17) is 4.74 Å². The lowest BCUT2D eigenvalue weighted by atomic mass is 10.1. The van der Waals surface area contributed by atoms with Crippen LogP contribution in [0.25, 0.3) is 0 Å². The van der Waals surface area contributed by atoms with Crippen molar-refractivity contribution in [1.82, 2.24) is 20.2 Å². The maximum absolute atomic E-state index is 5.94. The van der Waals surface area contributed by atoms with Crippen LogP contribution in [0.15, 0.2) is 18.2 Å². The van der Waals surface area contributed by atoms with Gasteiger partial charge in [0.25, 0.3) is 0 Å². The van der Waals surface area contributed by atoms with Gasteiger partial charge in [0.15, 0.2) is 0 Å². The number of ether oxygens (including phenoxy) is 1. The molecule has 1 aromatic heterocycles. The normalized spacial score (nSPS) is 14.3. The average molecular weight is 273 g/mol. The number of hydrogen-bond acceptors (Lipinski definition) is 5. The summed E-state index contributed by atoms with van der Waals surface area (Å²) in [6.45, 7) is 3.55. The Morgan fingerprint density at radius 1 is 1.40 bits per heavy atom. The van der Waals surface area contributed by atoms with Crippen molar-refractivity contribution in [2.45, 2.75) is 26.3 Å². The summed E-state index contributed by atoms with van der Waals surface area (Å²) in [6.07, 6.45) is 2.59. The van der Waals surface area contributed by atoms with Crippen LogP contribution >= 0.6 is 0 Å². The highest BCUT2D eigenvalue weighted by atomic mass is 16.5. The van der Waals surface area contributed by atoms with Gasteiger partial charge in [-0.25, -0.2) is 4.68 Å². The monoisotopic (exact) mass is 273 g/mol. The average Bonchev–Trinajstić information content (AvgIpc) is 3.18. The number of tetrazole rings is 1. The predicted octanol–water partition coefficient (Wildman–Crippen LogP) is 1.92. The second-order valence-electron chi connectivity index (χ2n) is 5.35. The van der Waals surface area contributed by atoms with Crippen LogP contribution in [-0.4, -0.2) is 26.8 Å². The number of nitrogens with one attached hydrogen (secondary N) is 1. The number of benzene rings is 1. The van der Waals surface area contributed by atoms with Gasteiger partial charge in [-0.3, -0.25) is 0 Å². The van der Waals surface area contributed by atoms with Gasteiger partial charge in [0.1, 0.15) is 5.75 Å². The molecule has 3 rings (SSSR count). The molecule has 1 aliphatic carbocycles. The molecule has 1 aromatic carbocycles. The van der Waals surface area contributed by atoms with Crippen LogP contribution < -0.4 is 10.1 Å². The zero-order valence-corrected chi connectivity index (χ0v) is 11.8.